The Morgan fingerprint density at radius 3 is 2.50 bits per heavy atom. The van der Waals surface area contributed by atoms with Crippen LogP contribution in [0.15, 0.2) is 12.1 Å². The molecule has 2 heterocycles. The van der Waals surface area contributed by atoms with Crippen LogP contribution >= 0.6 is 24.8 Å². The van der Waals surface area contributed by atoms with E-state index >= 15 is 0 Å². The molecule has 1 aliphatic heterocycles. The van der Waals surface area contributed by atoms with Gasteiger partial charge in [0.15, 0.2) is 11.5 Å². The number of aromatic nitrogens is 2. The van der Waals surface area contributed by atoms with Gasteiger partial charge in [0.1, 0.15) is 0 Å². The number of nitrogens with zero attached hydrogens (tertiary/aromatic N) is 2. The minimum Gasteiger partial charge on any atom is -0.454 e. The van der Waals surface area contributed by atoms with E-state index in [0.29, 0.717) is 22.9 Å². The Bertz CT molecular complexity index is 762. The lowest BCUT2D eigenvalue weighted by molar-refractivity contribution is -0.115. The third kappa shape index (κ3) is 3.68. The van der Waals surface area contributed by atoms with Gasteiger partial charge in [-0.3, -0.25) is 9.48 Å². The first-order valence-corrected chi connectivity index (χ1v) is 6.93. The summed E-state index contributed by atoms with van der Waals surface area (Å²) in [7, 11) is 1.86. The molecule has 0 saturated heterocycles. The Morgan fingerprint density at radius 1 is 1.29 bits per heavy atom. The van der Waals surface area contributed by atoms with Crippen LogP contribution < -0.4 is 20.5 Å². The van der Waals surface area contributed by atoms with E-state index in [0.717, 1.165) is 17.0 Å². The number of aryl methyl sites for hydroxylation is 2. The van der Waals surface area contributed by atoms with E-state index < -0.39 is 0 Å². The number of halogens is 2. The van der Waals surface area contributed by atoms with E-state index in [1.54, 1.807) is 16.8 Å². The monoisotopic (exact) mass is 374 g/mol. The number of carbonyl (C=O) groups excluding carboxylic acids is 1. The van der Waals surface area contributed by atoms with Gasteiger partial charge in [0.05, 0.1) is 23.5 Å². The van der Waals surface area contributed by atoms with Crippen LogP contribution in [-0.2, 0) is 18.3 Å². The predicted octanol–water partition coefficient (Wildman–Crippen LogP) is 2.37. The summed E-state index contributed by atoms with van der Waals surface area (Å²) < 4.78 is 12.3. The Balaban J connectivity index is 0.00000144. The van der Waals surface area contributed by atoms with Crippen LogP contribution in [0.25, 0.3) is 0 Å². The maximum atomic E-state index is 12.3. The highest BCUT2D eigenvalue weighted by Gasteiger charge is 2.18. The van der Waals surface area contributed by atoms with E-state index in [1.165, 1.54) is 0 Å². The highest BCUT2D eigenvalue weighted by molar-refractivity contribution is 5.96. The number of fused-ring (bicyclic) bond motifs is 1. The number of ether oxygens (including phenoxy) is 2. The van der Waals surface area contributed by atoms with Crippen LogP contribution in [0.3, 0.4) is 0 Å². The molecule has 7 nitrogen and oxygen atoms in total. The number of nitrogens with one attached hydrogen (secondary N) is 1. The van der Waals surface area contributed by atoms with Crippen molar-refractivity contribution in [3.63, 3.8) is 0 Å². The molecule has 0 aliphatic carbocycles. The molecular weight excluding hydrogens is 355 g/mol. The summed E-state index contributed by atoms with van der Waals surface area (Å²) in [5.41, 5.74) is 9.66. The zero-order valence-electron chi connectivity index (χ0n) is 13.6. The topological polar surface area (TPSA) is 91.4 Å². The molecule has 0 fully saturated rings. The second-order valence-electron chi connectivity index (χ2n) is 5.29. The molecule has 1 amide bonds. The van der Waals surface area contributed by atoms with Gasteiger partial charge in [-0.05, 0) is 13.8 Å². The summed E-state index contributed by atoms with van der Waals surface area (Å²) in [6.07, 6.45) is 0.249. The van der Waals surface area contributed by atoms with E-state index in [2.05, 4.69) is 10.4 Å². The van der Waals surface area contributed by atoms with Gasteiger partial charge in [0, 0.05) is 30.4 Å². The molecule has 2 aromatic rings. The molecule has 1 aliphatic rings. The molecule has 0 atom stereocenters. The molecule has 0 radical (unpaired) electrons. The highest BCUT2D eigenvalue weighted by Crippen LogP contribution is 2.38. The summed E-state index contributed by atoms with van der Waals surface area (Å²) >= 11 is 0. The number of hydrogen-bond donors (Lipinski definition) is 2. The standard InChI is InChI=1S/C15H18N4O3.2ClH/c1-8-10(9(2)19(3)18-8)4-15(20)17-12-6-14-13(5-11(12)16)21-7-22-14;;/h5-6H,4,7,16H2,1-3H3,(H,17,20);2*1H. The highest BCUT2D eigenvalue weighted by atomic mass is 35.5. The average molecular weight is 375 g/mol. The lowest BCUT2D eigenvalue weighted by Crippen LogP contribution is -2.16. The van der Waals surface area contributed by atoms with Gasteiger partial charge in [-0.25, -0.2) is 0 Å². The Kier molecular flexibility index (Phi) is 6.34. The summed E-state index contributed by atoms with van der Waals surface area (Å²) in [6.45, 7) is 4.00. The van der Waals surface area contributed by atoms with Gasteiger partial charge in [0.2, 0.25) is 12.7 Å². The molecule has 0 unspecified atom stereocenters. The van der Waals surface area contributed by atoms with E-state index in [9.17, 15) is 4.79 Å². The van der Waals surface area contributed by atoms with E-state index in [-0.39, 0.29) is 43.9 Å². The Morgan fingerprint density at radius 2 is 1.92 bits per heavy atom. The van der Waals surface area contributed by atoms with Gasteiger partial charge < -0.3 is 20.5 Å². The Hall–Kier alpha value is -2.12. The van der Waals surface area contributed by atoms with Gasteiger partial charge in [-0.15, -0.1) is 24.8 Å². The molecule has 0 spiro atoms. The summed E-state index contributed by atoms with van der Waals surface area (Å²) in [5.74, 6) is 1.03. The van der Waals surface area contributed by atoms with Crippen LogP contribution in [0.5, 0.6) is 11.5 Å². The minimum absolute atomic E-state index is 0. The average Bonchev–Trinajstić information content (AvgIpc) is 2.99. The number of benzene rings is 1. The van der Waals surface area contributed by atoms with Crippen LogP contribution in [0.4, 0.5) is 11.4 Å². The van der Waals surface area contributed by atoms with Crippen LogP contribution in [-0.4, -0.2) is 22.5 Å². The summed E-state index contributed by atoms with van der Waals surface area (Å²) in [5, 5.41) is 7.13. The van der Waals surface area contributed by atoms with Gasteiger partial charge in [-0.1, -0.05) is 0 Å². The van der Waals surface area contributed by atoms with Crippen molar-refractivity contribution in [3.05, 3.63) is 29.1 Å². The molecule has 0 bridgehead atoms. The lowest BCUT2D eigenvalue weighted by atomic mass is 10.1. The SMILES string of the molecule is Cc1nn(C)c(C)c1CC(=O)Nc1cc2c(cc1N)OCO2.Cl.Cl. The fraction of sp³-hybridized carbons (Fsp3) is 0.333. The molecule has 9 heteroatoms. The van der Waals surface area contributed by atoms with Crippen molar-refractivity contribution in [2.24, 2.45) is 7.05 Å². The molecule has 24 heavy (non-hydrogen) atoms. The molecule has 3 rings (SSSR count). The number of carbonyl (C=O) groups is 1. The number of anilines is 2. The fourth-order valence-corrected chi connectivity index (χ4v) is 2.49. The molecule has 3 N–H and O–H groups in total. The molecule has 1 aromatic heterocycles. The Labute approximate surface area is 152 Å². The van der Waals surface area contributed by atoms with Crippen LogP contribution in [0.2, 0.25) is 0 Å². The largest absolute Gasteiger partial charge is 0.454 e. The smallest absolute Gasteiger partial charge is 0.231 e. The first-order valence-electron chi connectivity index (χ1n) is 6.93. The van der Waals surface area contributed by atoms with Gasteiger partial charge in [-0.2, -0.15) is 5.10 Å². The summed E-state index contributed by atoms with van der Waals surface area (Å²) in [4.78, 5) is 12.3. The van der Waals surface area contributed by atoms with E-state index in [4.69, 9.17) is 15.2 Å². The zero-order chi connectivity index (χ0) is 15.9. The van der Waals surface area contributed by atoms with E-state index in [1.807, 2.05) is 20.9 Å². The number of amides is 1. The van der Waals surface area contributed by atoms with Crippen LogP contribution in [0, 0.1) is 13.8 Å². The van der Waals surface area contributed by atoms with Gasteiger partial charge in [0.25, 0.3) is 0 Å². The van der Waals surface area contributed by atoms with Crippen molar-refractivity contribution in [2.45, 2.75) is 20.3 Å². The third-order valence-electron chi connectivity index (χ3n) is 3.82. The molecule has 132 valence electrons. The fourth-order valence-electron chi connectivity index (χ4n) is 2.49. The van der Waals surface area contributed by atoms with Crippen molar-refractivity contribution in [3.8, 4) is 11.5 Å². The van der Waals surface area contributed by atoms with Gasteiger partial charge >= 0.3 is 0 Å². The maximum Gasteiger partial charge on any atom is 0.231 e. The predicted molar refractivity (Wildman–Crippen MR) is 96.5 cm³/mol. The first kappa shape index (κ1) is 19.9. The lowest BCUT2D eigenvalue weighted by Gasteiger charge is -2.09. The normalized spacial score (nSPS) is 11.5. The zero-order valence-corrected chi connectivity index (χ0v) is 15.2. The van der Waals surface area contributed by atoms with Crippen molar-refractivity contribution in [1.82, 2.24) is 9.78 Å². The van der Waals surface area contributed by atoms with Crippen molar-refractivity contribution in [2.75, 3.05) is 17.8 Å². The van der Waals surface area contributed by atoms with Crippen LogP contribution in [0.1, 0.15) is 17.0 Å². The second-order valence-corrected chi connectivity index (χ2v) is 5.29. The second kappa shape index (κ2) is 7.63. The first-order chi connectivity index (χ1) is 10.5. The minimum atomic E-state index is -0.148. The molecule has 0 saturated carbocycles. The van der Waals surface area contributed by atoms with Crippen molar-refractivity contribution < 1.29 is 14.3 Å². The number of rotatable bonds is 3. The number of hydrogen-bond acceptors (Lipinski definition) is 5. The van der Waals surface area contributed by atoms with Crippen molar-refractivity contribution in [1.29, 1.82) is 0 Å². The molecule has 1 aromatic carbocycles. The summed E-state index contributed by atoms with van der Waals surface area (Å²) in [6, 6.07) is 3.33. The number of nitrogens with two attached hydrogens (primary N) is 1. The quantitative estimate of drug-likeness (QED) is 0.804. The molecular formula is C15H20Cl2N4O3. The number of nitrogen functional groups attached to an aromatic ring is 1. The third-order valence-corrected chi connectivity index (χ3v) is 3.82. The maximum absolute atomic E-state index is 12.3. The van der Waals surface area contributed by atoms with Crippen molar-refractivity contribution >= 4 is 42.1 Å².